The molecule has 4 heteroatoms. The van der Waals surface area contributed by atoms with E-state index < -0.39 is 6.80 Å². The van der Waals surface area contributed by atoms with Crippen LogP contribution >= 0.6 is 0 Å². The van der Waals surface area contributed by atoms with Gasteiger partial charge in [0.1, 0.15) is 6.61 Å². The maximum absolute atomic E-state index is 13.9. The van der Waals surface area contributed by atoms with Crippen LogP contribution in [0.2, 0.25) is 0 Å². The van der Waals surface area contributed by atoms with Gasteiger partial charge >= 0.3 is 0 Å². The van der Waals surface area contributed by atoms with Gasteiger partial charge in [-0.15, -0.1) is 0 Å². The number of ether oxygens (including phenoxy) is 1. The van der Waals surface area contributed by atoms with Gasteiger partial charge in [-0.25, -0.2) is 4.39 Å². The van der Waals surface area contributed by atoms with E-state index in [1.807, 2.05) is 42.5 Å². The SMILES string of the molecule is COCC[n+]1ccc(/C=C/C=C/C=C2/N(CF)c3ccccc3C2(C)C)c2ccccc21. The molecule has 1 aromatic heterocycles. The Balaban J connectivity index is 1.57. The number of anilines is 1. The molecule has 0 spiro atoms. The van der Waals surface area contributed by atoms with Crippen LogP contribution in [0.4, 0.5) is 10.1 Å². The Bertz CT molecular complexity index is 1190. The molecule has 1 aliphatic heterocycles. The van der Waals surface area contributed by atoms with Crippen LogP contribution in [0.25, 0.3) is 17.0 Å². The molecular weight excluding hydrogens is 399 g/mol. The van der Waals surface area contributed by atoms with Crippen molar-refractivity contribution in [3.8, 4) is 0 Å². The van der Waals surface area contributed by atoms with Crippen molar-refractivity contribution >= 4 is 22.7 Å². The van der Waals surface area contributed by atoms with Gasteiger partial charge in [0, 0.05) is 36.0 Å². The Hall–Kier alpha value is -3.24. The van der Waals surface area contributed by atoms with Crippen LogP contribution in [0.1, 0.15) is 25.0 Å². The Morgan fingerprint density at radius 3 is 2.59 bits per heavy atom. The van der Waals surface area contributed by atoms with Crippen molar-refractivity contribution in [2.75, 3.05) is 25.4 Å². The Kier molecular flexibility index (Phi) is 6.52. The number of nitrogens with zero attached hydrogens (tertiary/aromatic N) is 2. The predicted octanol–water partition coefficient (Wildman–Crippen LogP) is 5.95. The highest BCUT2D eigenvalue weighted by atomic mass is 19.1. The van der Waals surface area contributed by atoms with Crippen LogP contribution in [-0.2, 0) is 16.7 Å². The maximum atomic E-state index is 13.9. The molecule has 0 saturated heterocycles. The Morgan fingerprint density at radius 1 is 1.00 bits per heavy atom. The summed E-state index contributed by atoms with van der Waals surface area (Å²) in [4.78, 5) is 1.76. The van der Waals surface area contributed by atoms with Gasteiger partial charge in [-0.05, 0) is 29.3 Å². The Labute approximate surface area is 189 Å². The minimum absolute atomic E-state index is 0.234. The molecule has 0 unspecified atom stereocenters. The molecule has 0 bridgehead atoms. The summed E-state index contributed by atoms with van der Waals surface area (Å²) in [5.41, 5.74) is 5.18. The van der Waals surface area contributed by atoms with E-state index in [9.17, 15) is 4.39 Å². The molecule has 2 aromatic carbocycles. The second-order valence-electron chi connectivity index (χ2n) is 8.46. The first kappa shape index (κ1) is 22.0. The molecule has 0 fully saturated rings. The number of hydrogen-bond acceptors (Lipinski definition) is 2. The molecule has 3 nitrogen and oxygen atoms in total. The minimum Gasteiger partial charge on any atom is -0.378 e. The number of fused-ring (bicyclic) bond motifs is 2. The topological polar surface area (TPSA) is 16.4 Å². The van der Waals surface area contributed by atoms with Gasteiger partial charge < -0.3 is 9.64 Å². The van der Waals surface area contributed by atoms with Crippen LogP contribution in [0.5, 0.6) is 0 Å². The highest BCUT2D eigenvalue weighted by molar-refractivity contribution is 5.85. The fourth-order valence-electron chi connectivity index (χ4n) is 4.48. The molecule has 0 amide bonds. The number of pyridine rings is 1. The van der Waals surface area contributed by atoms with Crippen LogP contribution < -0.4 is 9.47 Å². The van der Waals surface area contributed by atoms with Gasteiger partial charge in [0.15, 0.2) is 19.5 Å². The lowest BCUT2D eigenvalue weighted by Crippen LogP contribution is -2.36. The minimum atomic E-state index is -0.533. The summed E-state index contributed by atoms with van der Waals surface area (Å²) in [5, 5.41) is 1.20. The number of allylic oxidation sites excluding steroid dienone is 5. The van der Waals surface area contributed by atoms with Crippen LogP contribution in [0.15, 0.2) is 90.8 Å². The largest absolute Gasteiger partial charge is 0.378 e. The lowest BCUT2D eigenvalue weighted by Gasteiger charge is -2.24. The van der Waals surface area contributed by atoms with Crippen molar-refractivity contribution in [2.45, 2.75) is 25.8 Å². The molecular formula is C28H30FN2O+. The van der Waals surface area contributed by atoms with Crippen LogP contribution in [-0.4, -0.2) is 20.5 Å². The molecule has 4 rings (SSSR count). The van der Waals surface area contributed by atoms with E-state index in [4.69, 9.17) is 4.74 Å². The molecule has 0 saturated carbocycles. The van der Waals surface area contributed by atoms with E-state index >= 15 is 0 Å². The van der Waals surface area contributed by atoms with E-state index in [1.54, 1.807) is 12.0 Å². The molecule has 3 aromatic rings. The average Bonchev–Trinajstić information content (AvgIpc) is 3.04. The number of benzene rings is 2. The predicted molar refractivity (Wildman–Crippen MR) is 130 cm³/mol. The molecule has 32 heavy (non-hydrogen) atoms. The fraction of sp³-hybridized carbons (Fsp3) is 0.250. The highest BCUT2D eigenvalue weighted by Gasteiger charge is 2.39. The number of rotatable bonds is 7. The summed E-state index contributed by atoms with van der Waals surface area (Å²) in [7, 11) is 1.72. The van der Waals surface area contributed by atoms with Crippen molar-refractivity contribution in [3.63, 3.8) is 0 Å². The summed E-state index contributed by atoms with van der Waals surface area (Å²) in [6.45, 7) is 5.25. The van der Waals surface area contributed by atoms with Crippen molar-refractivity contribution in [1.82, 2.24) is 0 Å². The second-order valence-corrected chi connectivity index (χ2v) is 8.46. The number of halogens is 1. The second kappa shape index (κ2) is 9.49. The summed E-state index contributed by atoms with van der Waals surface area (Å²) in [6, 6.07) is 18.6. The molecule has 0 radical (unpaired) electrons. The number of hydrogen-bond donors (Lipinski definition) is 0. The van der Waals surface area contributed by atoms with E-state index in [-0.39, 0.29) is 5.41 Å². The number of aromatic nitrogens is 1. The van der Waals surface area contributed by atoms with E-state index in [1.165, 1.54) is 10.9 Å². The molecule has 2 heterocycles. The van der Waals surface area contributed by atoms with Gasteiger partial charge in [0.25, 0.3) is 0 Å². The third kappa shape index (κ3) is 4.11. The summed E-state index contributed by atoms with van der Waals surface area (Å²) >= 11 is 0. The molecule has 1 aliphatic rings. The summed E-state index contributed by atoms with van der Waals surface area (Å²) in [5.74, 6) is 0. The zero-order chi connectivity index (χ0) is 22.6. The zero-order valence-corrected chi connectivity index (χ0v) is 19.0. The monoisotopic (exact) mass is 429 g/mol. The van der Waals surface area contributed by atoms with Crippen molar-refractivity contribution in [2.24, 2.45) is 0 Å². The lowest BCUT2D eigenvalue weighted by atomic mass is 9.84. The number of alkyl halides is 1. The van der Waals surface area contributed by atoms with Gasteiger partial charge in [0.05, 0.1) is 5.39 Å². The van der Waals surface area contributed by atoms with E-state index in [0.29, 0.717) is 6.61 Å². The Morgan fingerprint density at radius 2 is 1.78 bits per heavy atom. The zero-order valence-electron chi connectivity index (χ0n) is 19.0. The molecule has 0 N–H and O–H groups in total. The first-order valence-corrected chi connectivity index (χ1v) is 11.0. The average molecular weight is 430 g/mol. The maximum Gasteiger partial charge on any atom is 0.213 e. The van der Waals surface area contributed by atoms with E-state index in [0.717, 1.165) is 29.1 Å². The van der Waals surface area contributed by atoms with Crippen LogP contribution in [0.3, 0.4) is 0 Å². The van der Waals surface area contributed by atoms with Crippen molar-refractivity contribution in [1.29, 1.82) is 0 Å². The first-order chi connectivity index (χ1) is 15.6. The fourth-order valence-corrected chi connectivity index (χ4v) is 4.48. The van der Waals surface area contributed by atoms with Gasteiger partial charge in [-0.1, -0.05) is 68.5 Å². The van der Waals surface area contributed by atoms with Crippen molar-refractivity contribution < 1.29 is 13.7 Å². The molecule has 0 aliphatic carbocycles. The van der Waals surface area contributed by atoms with Crippen LogP contribution in [0, 0.1) is 0 Å². The lowest BCUT2D eigenvalue weighted by molar-refractivity contribution is -0.673. The smallest absolute Gasteiger partial charge is 0.213 e. The number of para-hydroxylation sites is 2. The normalized spacial score (nSPS) is 16.6. The first-order valence-electron chi connectivity index (χ1n) is 11.0. The third-order valence-corrected chi connectivity index (χ3v) is 6.17. The molecule has 0 atom stereocenters. The molecule has 164 valence electrons. The summed E-state index contributed by atoms with van der Waals surface area (Å²) in [6.07, 6.45) is 12.3. The highest BCUT2D eigenvalue weighted by Crippen LogP contribution is 2.47. The summed E-state index contributed by atoms with van der Waals surface area (Å²) < 4.78 is 21.3. The van der Waals surface area contributed by atoms with E-state index in [2.05, 4.69) is 67.1 Å². The van der Waals surface area contributed by atoms with Gasteiger partial charge in [0.2, 0.25) is 5.52 Å². The number of methoxy groups -OCH3 is 1. The third-order valence-electron chi connectivity index (χ3n) is 6.17. The van der Waals surface area contributed by atoms with Gasteiger partial charge in [-0.3, -0.25) is 0 Å². The van der Waals surface area contributed by atoms with Crippen molar-refractivity contribution in [3.05, 3.63) is 102 Å². The standard InChI is InChI=1S/C28H30FN2O/c1-28(2)24-13-8-10-15-26(24)31(21-29)27(28)16-6-4-5-11-22-17-18-30(19-20-32-3)25-14-9-7-12-23(22)25/h4-18H,19-21H2,1-3H3/q+1. The quantitative estimate of drug-likeness (QED) is 0.262. The van der Waals surface area contributed by atoms with Gasteiger partial charge in [-0.2, -0.15) is 4.57 Å².